The van der Waals surface area contributed by atoms with Gasteiger partial charge in [-0.05, 0) is 38.3 Å². The highest BCUT2D eigenvalue weighted by Crippen LogP contribution is 2.33. The van der Waals surface area contributed by atoms with E-state index >= 15 is 0 Å². The van der Waals surface area contributed by atoms with Gasteiger partial charge in [-0.3, -0.25) is 4.79 Å². The summed E-state index contributed by atoms with van der Waals surface area (Å²) in [5, 5.41) is 7.25. The van der Waals surface area contributed by atoms with Gasteiger partial charge in [0.25, 0.3) is 5.91 Å². The molecule has 2 aliphatic rings. The second-order valence-corrected chi connectivity index (χ2v) is 8.67. The Hall–Kier alpha value is -1.37. The van der Waals surface area contributed by atoms with Crippen LogP contribution in [0.5, 0.6) is 0 Å². The van der Waals surface area contributed by atoms with Crippen LogP contribution >= 0.6 is 23.1 Å². The van der Waals surface area contributed by atoms with E-state index in [1.807, 2.05) is 0 Å². The Bertz CT molecular complexity index is 730. The average Bonchev–Trinajstić information content (AvgIpc) is 3.23. The van der Waals surface area contributed by atoms with Crippen LogP contribution in [0.1, 0.15) is 34.6 Å². The van der Waals surface area contributed by atoms with Crippen molar-refractivity contribution in [3.8, 4) is 0 Å². The van der Waals surface area contributed by atoms with Crippen molar-refractivity contribution < 1.29 is 4.79 Å². The lowest BCUT2D eigenvalue weighted by Crippen LogP contribution is -2.42. The van der Waals surface area contributed by atoms with E-state index in [2.05, 4.69) is 46.8 Å². The average molecular weight is 345 g/mol. The third-order valence-corrected chi connectivity index (χ3v) is 6.59. The highest BCUT2D eigenvalue weighted by Gasteiger charge is 2.39. The van der Waals surface area contributed by atoms with Crippen molar-refractivity contribution in [2.45, 2.75) is 53.4 Å². The van der Waals surface area contributed by atoms with Crippen LogP contribution in [0.2, 0.25) is 0 Å². The van der Waals surface area contributed by atoms with Crippen LogP contribution in [0.4, 0.5) is 0 Å². The summed E-state index contributed by atoms with van der Waals surface area (Å²) in [6, 6.07) is 9.66. The van der Waals surface area contributed by atoms with Crippen molar-refractivity contribution in [2.24, 2.45) is 0 Å². The van der Waals surface area contributed by atoms with Crippen LogP contribution in [-0.2, 0) is 0 Å². The number of aryl methyl sites for hydroxylation is 1. The van der Waals surface area contributed by atoms with Crippen LogP contribution in [0.3, 0.4) is 0 Å². The molecule has 1 aromatic carbocycles. The lowest BCUT2D eigenvalue weighted by molar-refractivity contribution is 0.0930. The number of thiazole rings is 1. The van der Waals surface area contributed by atoms with Crippen molar-refractivity contribution >= 4 is 29.0 Å². The van der Waals surface area contributed by atoms with Crippen LogP contribution < -0.4 is 10.6 Å². The second-order valence-electron chi connectivity index (χ2n) is 6.27. The van der Waals surface area contributed by atoms with E-state index in [-0.39, 0.29) is 11.9 Å². The van der Waals surface area contributed by atoms with Gasteiger partial charge < -0.3 is 10.6 Å². The summed E-state index contributed by atoms with van der Waals surface area (Å²) in [6.45, 7) is 2.08. The molecule has 120 valence electrons. The lowest BCUT2D eigenvalue weighted by atomic mass is 9.95. The standard InChI is InChI=1S/C17H19N3OS2/c1-10-3-2-4-12(7-10)22-15-9-18-17(23-15)16(21)20-14-8-11-5-6-13(14)19-11/h2-4,7,9,11,13-14,19H,5-6,8H2,1H3,(H,20,21). The Morgan fingerprint density at radius 3 is 3.09 bits per heavy atom. The molecule has 3 heterocycles. The molecule has 0 aliphatic carbocycles. The maximum atomic E-state index is 12.4. The number of hydrogen-bond donors (Lipinski definition) is 2. The molecule has 2 saturated heterocycles. The predicted octanol–water partition coefficient (Wildman–Crippen LogP) is 3.23. The molecule has 2 aromatic rings. The third-order valence-electron chi connectivity index (χ3n) is 4.50. The number of carbonyl (C=O) groups excluding carboxylic acids is 1. The number of benzene rings is 1. The Labute approximate surface area is 144 Å². The topological polar surface area (TPSA) is 54.0 Å². The van der Waals surface area contributed by atoms with Gasteiger partial charge in [-0.2, -0.15) is 0 Å². The first-order valence-corrected chi connectivity index (χ1v) is 9.58. The molecule has 2 fully saturated rings. The fourth-order valence-electron chi connectivity index (χ4n) is 3.42. The number of nitrogens with zero attached hydrogens (tertiary/aromatic N) is 1. The lowest BCUT2D eigenvalue weighted by Gasteiger charge is -2.20. The summed E-state index contributed by atoms with van der Waals surface area (Å²) in [5.74, 6) is -0.0366. The smallest absolute Gasteiger partial charge is 0.280 e. The molecule has 1 amide bonds. The van der Waals surface area contributed by atoms with E-state index < -0.39 is 0 Å². The normalized spacial score (nSPS) is 25.7. The molecule has 2 N–H and O–H groups in total. The van der Waals surface area contributed by atoms with Gasteiger partial charge in [0.15, 0.2) is 5.01 Å². The van der Waals surface area contributed by atoms with Gasteiger partial charge in [0.2, 0.25) is 0 Å². The van der Waals surface area contributed by atoms with Crippen molar-refractivity contribution in [1.29, 1.82) is 0 Å². The first-order valence-electron chi connectivity index (χ1n) is 7.94. The van der Waals surface area contributed by atoms with Crippen LogP contribution in [0.15, 0.2) is 39.6 Å². The number of rotatable bonds is 4. The van der Waals surface area contributed by atoms with E-state index in [1.165, 1.54) is 34.6 Å². The minimum absolute atomic E-state index is 0.0366. The molecule has 0 radical (unpaired) electrons. The van der Waals surface area contributed by atoms with Gasteiger partial charge in [0.1, 0.15) is 0 Å². The number of fused-ring (bicyclic) bond motifs is 2. The summed E-state index contributed by atoms with van der Waals surface area (Å²) < 4.78 is 1.05. The van der Waals surface area contributed by atoms with Gasteiger partial charge >= 0.3 is 0 Å². The molecule has 0 spiro atoms. The van der Waals surface area contributed by atoms with Crippen LogP contribution in [0.25, 0.3) is 0 Å². The second kappa shape index (κ2) is 6.26. The Morgan fingerprint density at radius 1 is 1.43 bits per heavy atom. The zero-order valence-electron chi connectivity index (χ0n) is 12.9. The fourth-order valence-corrected chi connectivity index (χ4v) is 5.39. The van der Waals surface area contributed by atoms with E-state index in [9.17, 15) is 4.79 Å². The highest BCUT2D eigenvalue weighted by atomic mass is 32.2. The van der Waals surface area contributed by atoms with E-state index in [1.54, 1.807) is 18.0 Å². The molecular formula is C17H19N3OS2. The quantitative estimate of drug-likeness (QED) is 0.893. The van der Waals surface area contributed by atoms with E-state index in [4.69, 9.17) is 0 Å². The van der Waals surface area contributed by atoms with Gasteiger partial charge in [0.05, 0.1) is 10.4 Å². The molecule has 3 atom stereocenters. The van der Waals surface area contributed by atoms with Crippen LogP contribution in [-0.4, -0.2) is 29.0 Å². The van der Waals surface area contributed by atoms with Crippen molar-refractivity contribution in [3.05, 3.63) is 41.0 Å². The van der Waals surface area contributed by atoms with Crippen molar-refractivity contribution in [2.75, 3.05) is 0 Å². The number of carbonyl (C=O) groups is 1. The molecular weight excluding hydrogens is 326 g/mol. The maximum absolute atomic E-state index is 12.4. The summed E-state index contributed by atoms with van der Waals surface area (Å²) in [5.41, 5.74) is 1.24. The first-order chi connectivity index (χ1) is 11.2. The minimum Gasteiger partial charge on any atom is -0.346 e. The molecule has 0 saturated carbocycles. The zero-order valence-corrected chi connectivity index (χ0v) is 14.5. The number of hydrogen-bond acceptors (Lipinski definition) is 5. The molecule has 4 rings (SSSR count). The maximum Gasteiger partial charge on any atom is 0.280 e. The van der Waals surface area contributed by atoms with Crippen molar-refractivity contribution in [1.82, 2.24) is 15.6 Å². The van der Waals surface area contributed by atoms with Crippen LogP contribution in [0, 0.1) is 6.92 Å². The number of aromatic nitrogens is 1. The van der Waals surface area contributed by atoms with Crippen molar-refractivity contribution in [3.63, 3.8) is 0 Å². The van der Waals surface area contributed by atoms with Gasteiger partial charge in [-0.25, -0.2) is 4.98 Å². The third kappa shape index (κ3) is 3.29. The molecule has 6 heteroatoms. The van der Waals surface area contributed by atoms with E-state index in [0.717, 1.165) is 10.6 Å². The number of amides is 1. The highest BCUT2D eigenvalue weighted by molar-refractivity contribution is 8.01. The minimum atomic E-state index is -0.0366. The van der Waals surface area contributed by atoms with Gasteiger partial charge in [-0.15, -0.1) is 11.3 Å². The largest absolute Gasteiger partial charge is 0.346 e. The monoisotopic (exact) mass is 345 g/mol. The Balaban J connectivity index is 1.40. The van der Waals surface area contributed by atoms with Gasteiger partial charge in [-0.1, -0.05) is 29.5 Å². The summed E-state index contributed by atoms with van der Waals surface area (Å²) in [7, 11) is 0. The molecule has 1 aromatic heterocycles. The Morgan fingerprint density at radius 2 is 2.35 bits per heavy atom. The van der Waals surface area contributed by atoms with Gasteiger partial charge in [0, 0.05) is 23.0 Å². The summed E-state index contributed by atoms with van der Waals surface area (Å²) >= 11 is 3.12. The molecule has 4 nitrogen and oxygen atoms in total. The molecule has 23 heavy (non-hydrogen) atoms. The Kier molecular flexibility index (Phi) is 4.13. The molecule has 2 aliphatic heterocycles. The fraction of sp³-hybridized carbons (Fsp3) is 0.412. The predicted molar refractivity (Wildman–Crippen MR) is 93.2 cm³/mol. The number of nitrogens with one attached hydrogen (secondary N) is 2. The first kappa shape index (κ1) is 15.2. The summed E-state index contributed by atoms with van der Waals surface area (Å²) in [4.78, 5) is 17.9. The molecule has 2 bridgehead atoms. The summed E-state index contributed by atoms with van der Waals surface area (Å²) in [6.07, 6.45) is 5.26. The van der Waals surface area contributed by atoms with E-state index in [0.29, 0.717) is 17.1 Å². The zero-order chi connectivity index (χ0) is 15.8. The SMILES string of the molecule is Cc1cccc(Sc2cnc(C(=O)NC3CC4CCC3N4)s2)c1. The molecule has 3 unspecified atom stereocenters.